The number of aromatic nitrogens is 3. The number of alkyl halides is 5. The van der Waals surface area contributed by atoms with Crippen LogP contribution in [0, 0.1) is 6.92 Å². The van der Waals surface area contributed by atoms with E-state index >= 15 is 0 Å². The van der Waals surface area contributed by atoms with Crippen LogP contribution in [0.25, 0.3) is 17.1 Å². The van der Waals surface area contributed by atoms with Gasteiger partial charge < -0.3 is 14.8 Å². The molecule has 0 unspecified atom stereocenters. The number of urea groups is 1. The zero-order valence-electron chi connectivity index (χ0n) is 25.3. The van der Waals surface area contributed by atoms with Gasteiger partial charge in [-0.3, -0.25) is 9.69 Å². The van der Waals surface area contributed by atoms with Crippen molar-refractivity contribution >= 4 is 40.2 Å². The Morgan fingerprint density at radius 2 is 1.72 bits per heavy atom. The van der Waals surface area contributed by atoms with E-state index in [0.29, 0.717) is 39.8 Å². The number of hydrogen-bond acceptors (Lipinski definition) is 7. The van der Waals surface area contributed by atoms with Crippen LogP contribution >= 0.6 is 11.8 Å². The Labute approximate surface area is 269 Å². The molecule has 0 bridgehead atoms. The maximum atomic E-state index is 13.2. The molecule has 0 aliphatic carbocycles. The molecule has 1 saturated heterocycles. The molecule has 5 rings (SSSR count). The van der Waals surface area contributed by atoms with E-state index in [9.17, 15) is 31.5 Å². The van der Waals surface area contributed by atoms with E-state index in [0.717, 1.165) is 29.5 Å². The molecule has 16 heteroatoms. The number of benzene rings is 3. The topological polar surface area (TPSA) is 111 Å². The van der Waals surface area contributed by atoms with Crippen molar-refractivity contribution in [2.75, 3.05) is 23.1 Å². The molecule has 2 heterocycles. The minimum absolute atomic E-state index is 0.0920. The van der Waals surface area contributed by atoms with Gasteiger partial charge in [-0.25, -0.2) is 14.5 Å². The van der Waals surface area contributed by atoms with Gasteiger partial charge in [-0.1, -0.05) is 31.7 Å². The minimum Gasteiger partial charge on any atom is -0.497 e. The van der Waals surface area contributed by atoms with Crippen LogP contribution in [0.4, 0.5) is 38.1 Å². The molecule has 1 aliphatic rings. The maximum absolute atomic E-state index is 13.2. The van der Waals surface area contributed by atoms with E-state index in [-0.39, 0.29) is 22.7 Å². The van der Waals surface area contributed by atoms with E-state index in [2.05, 4.69) is 25.1 Å². The summed E-state index contributed by atoms with van der Waals surface area (Å²) in [6, 6.07) is 14.2. The first-order valence-corrected chi connectivity index (χ1v) is 15.0. The second-order valence-corrected chi connectivity index (χ2v) is 11.5. The summed E-state index contributed by atoms with van der Waals surface area (Å²) in [6.07, 6.45) is -9.85. The maximum Gasteiger partial charge on any atom is 0.499 e. The van der Waals surface area contributed by atoms with Gasteiger partial charge in [0, 0.05) is 17.3 Å². The normalized spacial score (nSPS) is 14.6. The number of aliphatic imine (C=N–C) groups is 1. The number of carbonyl (C=O) groups is 2. The number of aryl methyl sites for hydroxylation is 1. The van der Waals surface area contributed by atoms with E-state index in [1.54, 1.807) is 31.2 Å². The number of amidine groups is 1. The number of ether oxygens (including phenoxy) is 2. The first-order valence-electron chi connectivity index (χ1n) is 14.0. The average Bonchev–Trinajstić information content (AvgIpc) is 3.63. The third-order valence-corrected chi connectivity index (χ3v) is 7.87. The standard InChI is InChI=1S/C31H27F5N6O4S/c1-17(2)23-12-10-22(45-4)14-25(23)42-26(43)15-47-29(42)39-28(44)38-19-5-11-24(18(3)13-19)27-37-16-41(40-27)20-6-8-21(9-7-20)46-31(35,36)30(32,33)34/h5-14,16-17H,15H2,1-4H3,(H,38,44). The van der Waals surface area contributed by atoms with E-state index in [1.807, 2.05) is 26.0 Å². The fraction of sp³-hybridized carbons (Fsp3) is 0.258. The van der Waals surface area contributed by atoms with Crippen LogP contribution in [-0.2, 0) is 4.79 Å². The second-order valence-electron chi connectivity index (χ2n) is 10.6. The summed E-state index contributed by atoms with van der Waals surface area (Å²) in [5.74, 6) is 0.181. The highest BCUT2D eigenvalue weighted by molar-refractivity contribution is 8.15. The van der Waals surface area contributed by atoms with Gasteiger partial charge in [0.1, 0.15) is 17.8 Å². The van der Waals surface area contributed by atoms with Crippen LogP contribution < -0.4 is 19.7 Å². The zero-order valence-corrected chi connectivity index (χ0v) is 26.1. The summed E-state index contributed by atoms with van der Waals surface area (Å²) in [6.45, 7) is 5.77. The summed E-state index contributed by atoms with van der Waals surface area (Å²) in [7, 11) is 1.53. The van der Waals surface area contributed by atoms with Crippen molar-refractivity contribution in [3.8, 4) is 28.6 Å². The molecule has 0 saturated carbocycles. The van der Waals surface area contributed by atoms with Crippen molar-refractivity contribution in [1.82, 2.24) is 14.8 Å². The Morgan fingerprint density at radius 3 is 2.36 bits per heavy atom. The van der Waals surface area contributed by atoms with Crippen LogP contribution in [0.2, 0.25) is 0 Å². The third kappa shape index (κ3) is 7.21. The van der Waals surface area contributed by atoms with Gasteiger partial charge in [0.25, 0.3) is 0 Å². The lowest BCUT2D eigenvalue weighted by atomic mass is 10.00. The number of nitrogens with one attached hydrogen (secondary N) is 1. The molecule has 4 aromatic rings. The molecule has 1 aliphatic heterocycles. The lowest BCUT2D eigenvalue weighted by Gasteiger charge is -2.22. The summed E-state index contributed by atoms with van der Waals surface area (Å²) in [4.78, 5) is 35.7. The van der Waals surface area contributed by atoms with Gasteiger partial charge in [-0.15, -0.1) is 5.10 Å². The molecule has 1 aromatic heterocycles. The summed E-state index contributed by atoms with van der Waals surface area (Å²) < 4.78 is 74.1. The molecule has 3 amide bonds. The zero-order chi connectivity index (χ0) is 34.1. The number of anilines is 2. The highest BCUT2D eigenvalue weighted by atomic mass is 32.2. The predicted octanol–water partition coefficient (Wildman–Crippen LogP) is 7.58. The molecule has 3 aromatic carbocycles. The van der Waals surface area contributed by atoms with E-state index < -0.39 is 24.1 Å². The number of methoxy groups -OCH3 is 1. The van der Waals surface area contributed by atoms with Crippen molar-refractivity contribution in [3.05, 3.63) is 78.1 Å². The monoisotopic (exact) mass is 674 g/mol. The molecule has 1 N–H and O–H groups in total. The van der Waals surface area contributed by atoms with Gasteiger partial charge in [0.15, 0.2) is 11.0 Å². The van der Waals surface area contributed by atoms with Crippen LogP contribution in [0.1, 0.15) is 30.9 Å². The Balaban J connectivity index is 1.30. The largest absolute Gasteiger partial charge is 0.499 e. The number of carbonyl (C=O) groups excluding carboxylic acids is 2. The quantitative estimate of drug-likeness (QED) is 0.192. The summed E-state index contributed by atoms with van der Waals surface area (Å²) in [5.41, 5.74) is 3.56. The molecule has 1 fully saturated rings. The molecule has 10 nitrogen and oxygen atoms in total. The fourth-order valence-electron chi connectivity index (χ4n) is 4.63. The van der Waals surface area contributed by atoms with Crippen molar-refractivity contribution in [2.24, 2.45) is 4.99 Å². The lowest BCUT2D eigenvalue weighted by Crippen LogP contribution is -2.41. The van der Waals surface area contributed by atoms with Crippen molar-refractivity contribution in [2.45, 2.75) is 39.0 Å². The number of thioether (sulfide) groups is 1. The number of rotatable bonds is 8. The van der Waals surface area contributed by atoms with Gasteiger partial charge in [0.2, 0.25) is 5.91 Å². The molecule has 0 spiro atoms. The lowest BCUT2D eigenvalue weighted by molar-refractivity contribution is -0.360. The Morgan fingerprint density at radius 1 is 1.02 bits per heavy atom. The van der Waals surface area contributed by atoms with E-state index in [4.69, 9.17) is 4.74 Å². The highest BCUT2D eigenvalue weighted by Crippen LogP contribution is 2.38. The Hall–Kier alpha value is -4.99. The number of hydrogen-bond donors (Lipinski definition) is 1. The fourth-order valence-corrected chi connectivity index (χ4v) is 5.49. The first kappa shape index (κ1) is 33.4. The van der Waals surface area contributed by atoms with Crippen molar-refractivity contribution in [3.63, 3.8) is 0 Å². The molecule has 47 heavy (non-hydrogen) atoms. The first-order chi connectivity index (χ1) is 22.2. The Kier molecular flexibility index (Phi) is 9.25. The van der Waals surface area contributed by atoms with Gasteiger partial charge in [-0.05, 0) is 72.5 Å². The smallest absolute Gasteiger partial charge is 0.497 e. The Bertz CT molecular complexity index is 1840. The van der Waals surface area contributed by atoms with E-state index in [1.165, 1.54) is 35.2 Å². The van der Waals surface area contributed by atoms with Crippen molar-refractivity contribution in [1.29, 1.82) is 0 Å². The second kappa shape index (κ2) is 13.0. The van der Waals surface area contributed by atoms with Crippen LogP contribution in [0.15, 0.2) is 72.0 Å². The molecular weight excluding hydrogens is 647 g/mol. The van der Waals surface area contributed by atoms with Gasteiger partial charge in [-0.2, -0.15) is 26.9 Å². The van der Waals surface area contributed by atoms with Gasteiger partial charge >= 0.3 is 18.3 Å². The minimum atomic E-state index is -5.86. The van der Waals surface area contributed by atoms with Crippen LogP contribution in [-0.4, -0.2) is 57.0 Å². The molecule has 0 radical (unpaired) electrons. The number of halogens is 5. The van der Waals surface area contributed by atoms with Gasteiger partial charge in [0.05, 0.1) is 24.2 Å². The predicted molar refractivity (Wildman–Crippen MR) is 167 cm³/mol. The van der Waals surface area contributed by atoms with Crippen LogP contribution in [0.3, 0.4) is 0 Å². The van der Waals surface area contributed by atoms with Crippen molar-refractivity contribution < 1.29 is 41.0 Å². The molecule has 246 valence electrons. The van der Waals surface area contributed by atoms with Crippen LogP contribution in [0.5, 0.6) is 11.5 Å². The average molecular weight is 675 g/mol. The molecule has 0 atom stereocenters. The third-order valence-electron chi connectivity index (χ3n) is 6.95. The summed E-state index contributed by atoms with van der Waals surface area (Å²) >= 11 is 1.15. The SMILES string of the molecule is COc1ccc(C(C)C)c(N2C(=O)CSC2=NC(=O)Nc2ccc(-c3ncn(-c4ccc(OC(F)(F)C(F)(F)F)cc4)n3)c(C)c2)c1. The number of amides is 3. The number of nitrogens with zero attached hydrogens (tertiary/aromatic N) is 5. The summed E-state index contributed by atoms with van der Waals surface area (Å²) in [5, 5.41) is 7.32. The highest BCUT2D eigenvalue weighted by Gasteiger charge is 2.61. The molecular formula is C31H27F5N6O4S.